The Balaban J connectivity index is 0.000000194. The average Bonchev–Trinajstić information content (AvgIpc) is 3.27. The molecule has 0 spiro atoms. The van der Waals surface area contributed by atoms with Gasteiger partial charge in [-0.15, -0.1) is 0 Å². The van der Waals surface area contributed by atoms with Gasteiger partial charge >= 0.3 is 5.97 Å². The highest BCUT2D eigenvalue weighted by Gasteiger charge is 2.29. The molecule has 0 unspecified atom stereocenters. The zero-order valence-electron chi connectivity index (χ0n) is 16.6. The molecule has 0 amide bonds. The number of hydrogen-bond donors (Lipinski definition) is 3. The average molecular weight is 443 g/mol. The normalized spacial score (nSPS) is 15.1. The van der Waals surface area contributed by atoms with E-state index in [2.05, 4.69) is 21.3 Å². The molecular formula is C20H22N6O4S. The van der Waals surface area contributed by atoms with E-state index in [4.69, 9.17) is 16.1 Å². The van der Waals surface area contributed by atoms with Crippen LogP contribution in [0.2, 0.25) is 0 Å². The van der Waals surface area contributed by atoms with E-state index in [-0.39, 0.29) is 11.5 Å². The van der Waals surface area contributed by atoms with Crippen molar-refractivity contribution in [2.45, 2.75) is 24.3 Å². The molecule has 1 aliphatic rings. The lowest BCUT2D eigenvalue weighted by Gasteiger charge is -2.28. The quantitative estimate of drug-likeness (QED) is 0.549. The van der Waals surface area contributed by atoms with Crippen molar-refractivity contribution in [1.29, 1.82) is 5.26 Å². The van der Waals surface area contributed by atoms with Crippen LogP contribution in [0.25, 0.3) is 11.0 Å². The fourth-order valence-electron chi connectivity index (χ4n) is 3.13. The van der Waals surface area contributed by atoms with Crippen molar-refractivity contribution in [3.63, 3.8) is 0 Å². The molecule has 0 bridgehead atoms. The first-order valence-corrected chi connectivity index (χ1v) is 11.0. The second-order valence-corrected chi connectivity index (χ2v) is 8.93. The van der Waals surface area contributed by atoms with Crippen LogP contribution in [0.3, 0.4) is 0 Å². The van der Waals surface area contributed by atoms with Crippen LogP contribution in [0.1, 0.15) is 28.8 Å². The van der Waals surface area contributed by atoms with E-state index in [0.29, 0.717) is 48.4 Å². The molecule has 2 aromatic heterocycles. The number of carboxylic acids is 1. The molecular weight excluding hydrogens is 420 g/mol. The van der Waals surface area contributed by atoms with Crippen molar-refractivity contribution in [2.75, 3.05) is 13.1 Å². The summed E-state index contributed by atoms with van der Waals surface area (Å²) in [5.41, 5.74) is 7.16. The van der Waals surface area contributed by atoms with Gasteiger partial charge in [0.2, 0.25) is 10.0 Å². The van der Waals surface area contributed by atoms with Crippen LogP contribution < -0.4 is 5.73 Å². The summed E-state index contributed by atoms with van der Waals surface area (Å²) >= 11 is 0. The monoisotopic (exact) mass is 442 g/mol. The van der Waals surface area contributed by atoms with Gasteiger partial charge in [-0.25, -0.2) is 18.2 Å². The number of nitrogens with zero attached hydrogens (tertiary/aromatic N) is 4. The zero-order chi connectivity index (χ0) is 22.4. The fourth-order valence-corrected chi connectivity index (χ4v) is 4.60. The molecule has 1 saturated heterocycles. The number of pyridine rings is 1. The Kier molecular flexibility index (Phi) is 6.96. The van der Waals surface area contributed by atoms with E-state index in [9.17, 15) is 13.2 Å². The number of sulfonamides is 1. The van der Waals surface area contributed by atoms with Crippen LogP contribution in [0.15, 0.2) is 47.6 Å². The highest BCUT2D eigenvalue weighted by Crippen LogP contribution is 2.23. The van der Waals surface area contributed by atoms with Gasteiger partial charge in [-0.05, 0) is 36.6 Å². The second kappa shape index (κ2) is 9.65. The highest BCUT2D eigenvalue weighted by molar-refractivity contribution is 7.89. The van der Waals surface area contributed by atoms with Crippen molar-refractivity contribution in [3.8, 4) is 6.07 Å². The smallest absolute Gasteiger partial charge is 0.337 e. The van der Waals surface area contributed by atoms with Crippen LogP contribution in [0.4, 0.5) is 0 Å². The number of nitriles is 1. The SMILES string of the molecule is N#CC1CCN(S(=O)(=O)c2ccc(CN)cc2)CC1.O=C(O)c1cnc2[nH]ncc2c1. The largest absolute Gasteiger partial charge is 0.478 e. The molecule has 31 heavy (non-hydrogen) atoms. The first kappa shape index (κ1) is 22.4. The van der Waals surface area contributed by atoms with Gasteiger partial charge in [-0.1, -0.05) is 12.1 Å². The Morgan fingerprint density at radius 3 is 2.52 bits per heavy atom. The number of carboxylic acid groups (broad SMARTS) is 1. The molecule has 0 saturated carbocycles. The number of benzene rings is 1. The number of nitrogens with one attached hydrogen (secondary N) is 1. The molecule has 0 radical (unpaired) electrons. The van der Waals surface area contributed by atoms with E-state index in [1.165, 1.54) is 22.8 Å². The zero-order valence-corrected chi connectivity index (χ0v) is 17.4. The number of fused-ring (bicyclic) bond motifs is 1. The van der Waals surface area contributed by atoms with E-state index in [0.717, 1.165) is 5.56 Å². The highest BCUT2D eigenvalue weighted by atomic mass is 32.2. The van der Waals surface area contributed by atoms with Crippen LogP contribution in [-0.2, 0) is 16.6 Å². The van der Waals surface area contributed by atoms with Crippen LogP contribution in [-0.4, -0.2) is 52.1 Å². The lowest BCUT2D eigenvalue weighted by molar-refractivity contribution is 0.0696. The summed E-state index contributed by atoms with van der Waals surface area (Å²) in [6.07, 6.45) is 4.05. The van der Waals surface area contributed by atoms with Gasteiger partial charge in [0.25, 0.3) is 0 Å². The fraction of sp³-hybridized carbons (Fsp3) is 0.300. The van der Waals surface area contributed by atoms with E-state index < -0.39 is 16.0 Å². The molecule has 162 valence electrons. The number of hydrogen-bond acceptors (Lipinski definition) is 7. The maximum Gasteiger partial charge on any atom is 0.337 e. The van der Waals surface area contributed by atoms with Gasteiger partial charge in [0, 0.05) is 37.1 Å². The summed E-state index contributed by atoms with van der Waals surface area (Å²) in [5, 5.41) is 24.5. The molecule has 4 N–H and O–H groups in total. The number of aromatic carboxylic acids is 1. The van der Waals surface area contributed by atoms with Crippen molar-refractivity contribution >= 4 is 27.0 Å². The first-order valence-electron chi connectivity index (χ1n) is 9.56. The Morgan fingerprint density at radius 1 is 1.26 bits per heavy atom. The predicted molar refractivity (Wildman–Crippen MR) is 112 cm³/mol. The molecule has 3 heterocycles. The van der Waals surface area contributed by atoms with Crippen LogP contribution >= 0.6 is 0 Å². The molecule has 0 aliphatic carbocycles. The number of aromatic nitrogens is 3. The van der Waals surface area contributed by atoms with Gasteiger partial charge in [0.1, 0.15) is 0 Å². The van der Waals surface area contributed by atoms with Crippen LogP contribution in [0.5, 0.6) is 0 Å². The summed E-state index contributed by atoms with van der Waals surface area (Å²) < 4.78 is 26.2. The Morgan fingerprint density at radius 2 is 1.94 bits per heavy atom. The van der Waals surface area contributed by atoms with Gasteiger partial charge < -0.3 is 10.8 Å². The number of nitrogens with two attached hydrogens (primary N) is 1. The number of H-pyrrole nitrogens is 1. The molecule has 10 nitrogen and oxygen atoms in total. The standard InChI is InChI=1S/C13H17N3O2S.C7H5N3O2/c14-9-11-1-3-13(4-2-11)19(17,18)16-7-5-12(10-15)6-8-16;11-7(12)5-1-4-3-9-10-6(4)8-2-5/h1-4,12H,5-9,14H2;1-3H,(H,11,12)(H,8,9,10). The number of aromatic amines is 1. The second-order valence-electron chi connectivity index (χ2n) is 6.99. The summed E-state index contributed by atoms with van der Waals surface area (Å²) in [7, 11) is -3.44. The minimum atomic E-state index is -3.44. The summed E-state index contributed by atoms with van der Waals surface area (Å²) in [5.74, 6) is -1.00. The minimum Gasteiger partial charge on any atom is -0.478 e. The van der Waals surface area contributed by atoms with Gasteiger partial charge in [0.05, 0.1) is 22.7 Å². The lowest BCUT2D eigenvalue weighted by Crippen LogP contribution is -2.38. The maximum atomic E-state index is 12.4. The van der Waals surface area contributed by atoms with Crippen LogP contribution in [0, 0.1) is 17.2 Å². The Labute approximate surface area is 179 Å². The van der Waals surface area contributed by atoms with Crippen molar-refractivity contribution in [3.05, 3.63) is 53.9 Å². The van der Waals surface area contributed by atoms with E-state index in [1.807, 2.05) is 0 Å². The maximum absolute atomic E-state index is 12.4. The number of rotatable bonds is 4. The molecule has 3 aromatic rings. The number of piperidine rings is 1. The topological polar surface area (TPSA) is 166 Å². The predicted octanol–water partition coefficient (Wildman–Crippen LogP) is 1.73. The third kappa shape index (κ3) is 5.24. The lowest BCUT2D eigenvalue weighted by atomic mass is 10.0. The van der Waals surface area contributed by atoms with Gasteiger partial charge in [0.15, 0.2) is 5.65 Å². The minimum absolute atomic E-state index is 0.0222. The summed E-state index contributed by atoms with van der Waals surface area (Å²) in [4.78, 5) is 14.7. The Bertz CT molecular complexity index is 1190. The van der Waals surface area contributed by atoms with Gasteiger partial charge in [-0.2, -0.15) is 14.7 Å². The summed E-state index contributed by atoms with van der Waals surface area (Å²) in [6.45, 7) is 1.23. The molecule has 0 atom stereocenters. The third-order valence-electron chi connectivity index (χ3n) is 4.97. The van der Waals surface area contributed by atoms with E-state index in [1.54, 1.807) is 24.3 Å². The first-order chi connectivity index (χ1) is 14.8. The molecule has 11 heteroatoms. The van der Waals surface area contributed by atoms with Crippen molar-refractivity contribution in [2.24, 2.45) is 11.7 Å². The molecule has 1 aromatic carbocycles. The van der Waals surface area contributed by atoms with Gasteiger partial charge in [-0.3, -0.25) is 5.10 Å². The third-order valence-corrected chi connectivity index (χ3v) is 6.88. The van der Waals surface area contributed by atoms with Crippen molar-refractivity contribution < 1.29 is 18.3 Å². The van der Waals surface area contributed by atoms with Crippen molar-refractivity contribution in [1.82, 2.24) is 19.5 Å². The Hall–Kier alpha value is -3.33. The molecule has 1 fully saturated rings. The summed E-state index contributed by atoms with van der Waals surface area (Å²) in [6, 6.07) is 10.4. The van der Waals surface area contributed by atoms with E-state index >= 15 is 0 Å². The molecule has 1 aliphatic heterocycles. The molecule has 4 rings (SSSR count). The number of carbonyl (C=O) groups is 1.